The average Bonchev–Trinajstić information content (AvgIpc) is 2.64. The molecule has 31 heavy (non-hydrogen) atoms. The number of thiocarbonyl (C=S) groups is 2. The summed E-state index contributed by atoms with van der Waals surface area (Å²) >= 11 is 25.2. The maximum atomic E-state index is 11.7. The number of hydrogen-bond donors (Lipinski definition) is 4. The van der Waals surface area contributed by atoms with Crippen LogP contribution in [0.25, 0.3) is 0 Å². The van der Waals surface area contributed by atoms with Crippen molar-refractivity contribution >= 4 is 99.8 Å². The number of aliphatic hydroxyl groups excluding tert-OH is 1. The molecule has 0 aliphatic rings. The topological polar surface area (TPSA) is 114 Å². The Kier molecular flexibility index (Phi) is 15.2. The van der Waals surface area contributed by atoms with Gasteiger partial charge in [0.15, 0.2) is 8.90 Å². The Hall–Kier alpha value is -1.02. The molecular weight excluding hydrogens is 617 g/mol. The molecule has 0 aromatic carbocycles. The molecule has 0 fully saturated rings. The van der Waals surface area contributed by atoms with Crippen molar-refractivity contribution in [2.24, 2.45) is 14.1 Å². The molecule has 2 rings (SSSR count). The molecular formula is C17H21Br2Cl2N5O3S2. The zero-order valence-electron chi connectivity index (χ0n) is 16.5. The molecule has 0 amide bonds. The van der Waals surface area contributed by atoms with Gasteiger partial charge in [-0.1, -0.05) is 35.4 Å². The van der Waals surface area contributed by atoms with Gasteiger partial charge in [0.25, 0.3) is 11.1 Å². The van der Waals surface area contributed by atoms with E-state index >= 15 is 0 Å². The third-order valence-electron chi connectivity index (χ3n) is 3.20. The van der Waals surface area contributed by atoms with E-state index in [2.05, 4.69) is 54.7 Å². The third kappa shape index (κ3) is 13.2. The SMILES string of the molecule is Cn1cc(Br)cc(N)c1=O.Cn1cc(Br)cc(NC(=S)NCCCO)c1=O.S=C(Cl)Cl. The zero-order valence-corrected chi connectivity index (χ0v) is 22.8. The molecule has 5 N–H and O–H groups in total. The van der Waals surface area contributed by atoms with E-state index in [1.165, 1.54) is 9.13 Å². The Balaban J connectivity index is 0.000000540. The van der Waals surface area contributed by atoms with Gasteiger partial charge >= 0.3 is 0 Å². The number of nitrogens with one attached hydrogen (secondary N) is 2. The van der Waals surface area contributed by atoms with Gasteiger partial charge in [0.1, 0.15) is 5.69 Å². The highest BCUT2D eigenvalue weighted by Crippen LogP contribution is 2.11. The fourth-order valence-electron chi connectivity index (χ4n) is 1.90. The first-order valence-corrected chi connectivity index (χ1v) is 11.5. The molecule has 2 heterocycles. The Morgan fingerprint density at radius 2 is 1.58 bits per heavy atom. The first-order valence-electron chi connectivity index (χ1n) is 8.37. The second-order valence-corrected chi connectivity index (χ2v) is 9.75. The molecule has 8 nitrogen and oxygen atoms in total. The number of pyridine rings is 2. The number of nitrogens with zero attached hydrogens (tertiary/aromatic N) is 2. The highest BCUT2D eigenvalue weighted by atomic mass is 79.9. The number of anilines is 2. The lowest BCUT2D eigenvalue weighted by Crippen LogP contribution is -2.32. The van der Waals surface area contributed by atoms with Gasteiger partial charge in [-0.15, -0.1) is 0 Å². The lowest BCUT2D eigenvalue weighted by Gasteiger charge is -2.10. The quantitative estimate of drug-likeness (QED) is 0.230. The number of halogens is 4. The summed E-state index contributed by atoms with van der Waals surface area (Å²) in [6.07, 6.45) is 3.95. The van der Waals surface area contributed by atoms with Gasteiger partial charge in [-0.3, -0.25) is 9.59 Å². The van der Waals surface area contributed by atoms with Crippen LogP contribution in [0.15, 0.2) is 43.1 Å². The van der Waals surface area contributed by atoms with E-state index in [9.17, 15) is 9.59 Å². The third-order valence-corrected chi connectivity index (χ3v) is 4.31. The summed E-state index contributed by atoms with van der Waals surface area (Å²) < 4.78 is 4.44. The van der Waals surface area contributed by atoms with Crippen LogP contribution in [0.4, 0.5) is 11.4 Å². The van der Waals surface area contributed by atoms with Crippen molar-refractivity contribution in [2.45, 2.75) is 6.42 Å². The van der Waals surface area contributed by atoms with Crippen molar-refractivity contribution in [3.8, 4) is 0 Å². The molecule has 0 atom stereocenters. The molecule has 0 aliphatic carbocycles. The minimum absolute atomic E-state index is 0.0556. The number of nitrogen functional groups attached to an aromatic ring is 1. The van der Waals surface area contributed by atoms with Crippen LogP contribution < -0.4 is 27.5 Å². The lowest BCUT2D eigenvalue weighted by atomic mass is 10.4. The number of hydrogen-bond acceptors (Lipinski definition) is 6. The van der Waals surface area contributed by atoms with Crippen molar-refractivity contribution < 1.29 is 5.11 Å². The van der Waals surface area contributed by atoms with Crippen LogP contribution in [0.5, 0.6) is 0 Å². The van der Waals surface area contributed by atoms with Gasteiger partial charge in [0.2, 0.25) is 0 Å². The fourth-order valence-corrected chi connectivity index (χ4v) is 3.20. The van der Waals surface area contributed by atoms with Gasteiger partial charge in [-0.2, -0.15) is 0 Å². The Bertz CT molecular complexity index is 988. The van der Waals surface area contributed by atoms with Crippen LogP contribution in [-0.4, -0.2) is 36.3 Å². The first kappa shape index (κ1) is 30.0. The average molecular weight is 638 g/mol. The predicted octanol–water partition coefficient (Wildman–Crippen LogP) is 3.30. The van der Waals surface area contributed by atoms with Crippen molar-refractivity contribution in [2.75, 3.05) is 24.2 Å². The summed E-state index contributed by atoms with van der Waals surface area (Å²) in [6.45, 7) is 0.672. The second kappa shape index (κ2) is 15.7. The first-order chi connectivity index (χ1) is 14.4. The minimum Gasteiger partial charge on any atom is -0.396 e. The van der Waals surface area contributed by atoms with E-state index in [1.807, 2.05) is 0 Å². The van der Waals surface area contributed by atoms with E-state index in [4.69, 9.17) is 46.3 Å². The maximum Gasteiger partial charge on any atom is 0.274 e. The molecule has 0 aliphatic heterocycles. The molecule has 172 valence electrons. The highest BCUT2D eigenvalue weighted by molar-refractivity contribution is 9.10. The Labute approximate surface area is 217 Å². The van der Waals surface area contributed by atoms with E-state index in [0.717, 1.165) is 8.95 Å². The number of aliphatic hydroxyl groups is 1. The van der Waals surface area contributed by atoms with E-state index in [-0.39, 0.29) is 27.2 Å². The van der Waals surface area contributed by atoms with Gasteiger partial charge in [-0.05, 0) is 62.6 Å². The standard InChI is InChI=1S/C10H14BrN3O2S.C6H7BrN2O.CCl2S/c1-14-6-7(11)5-8(9(14)16)13-10(17)12-3-2-4-15;1-9-3-4(7)2-5(8)6(9)10;2-1(3)4/h5-6,15H,2-4H2,1H3,(H2,12,13,17);2-3H,8H2,1H3;. The fraction of sp³-hybridized carbons (Fsp3) is 0.294. The number of aromatic nitrogens is 2. The summed E-state index contributed by atoms with van der Waals surface area (Å²) in [5.41, 5.74) is 5.71. The van der Waals surface area contributed by atoms with Crippen molar-refractivity contribution in [3.05, 3.63) is 54.2 Å². The molecule has 2 aromatic heterocycles. The van der Waals surface area contributed by atoms with E-state index in [0.29, 0.717) is 23.8 Å². The predicted molar refractivity (Wildman–Crippen MR) is 143 cm³/mol. The lowest BCUT2D eigenvalue weighted by molar-refractivity contribution is 0.289. The molecule has 0 bridgehead atoms. The Morgan fingerprint density at radius 1 is 1.10 bits per heavy atom. The van der Waals surface area contributed by atoms with Crippen LogP contribution in [-0.2, 0) is 14.1 Å². The van der Waals surface area contributed by atoms with Crippen molar-refractivity contribution in [1.82, 2.24) is 14.5 Å². The van der Waals surface area contributed by atoms with Crippen LogP contribution in [0.3, 0.4) is 0 Å². The molecule has 0 saturated carbocycles. The minimum atomic E-state index is -0.164. The van der Waals surface area contributed by atoms with Gasteiger partial charge < -0.3 is 30.6 Å². The largest absolute Gasteiger partial charge is 0.396 e. The second-order valence-electron chi connectivity index (χ2n) is 5.70. The highest BCUT2D eigenvalue weighted by Gasteiger charge is 2.05. The summed E-state index contributed by atoms with van der Waals surface area (Å²) in [5.74, 6) is 0. The van der Waals surface area contributed by atoms with Crippen LogP contribution >= 0.6 is 79.5 Å². The van der Waals surface area contributed by atoms with Crippen LogP contribution in [0.2, 0.25) is 0 Å². The molecule has 0 radical (unpaired) electrons. The van der Waals surface area contributed by atoms with Crippen LogP contribution in [0.1, 0.15) is 6.42 Å². The van der Waals surface area contributed by atoms with Crippen molar-refractivity contribution in [1.29, 1.82) is 0 Å². The monoisotopic (exact) mass is 635 g/mol. The number of rotatable bonds is 4. The van der Waals surface area contributed by atoms with Crippen LogP contribution in [0, 0.1) is 0 Å². The van der Waals surface area contributed by atoms with Gasteiger partial charge in [0.05, 0.1) is 5.69 Å². The molecule has 2 aromatic rings. The maximum absolute atomic E-state index is 11.7. The smallest absolute Gasteiger partial charge is 0.274 e. The molecule has 0 saturated heterocycles. The van der Waals surface area contributed by atoms with E-state index in [1.54, 1.807) is 38.6 Å². The summed E-state index contributed by atoms with van der Waals surface area (Å²) in [7, 11) is 3.32. The molecule has 0 unspecified atom stereocenters. The number of aryl methyl sites for hydroxylation is 2. The Morgan fingerprint density at radius 3 is 2.06 bits per heavy atom. The molecule has 0 spiro atoms. The number of nitrogens with two attached hydrogens (primary N) is 1. The summed E-state index contributed by atoms with van der Waals surface area (Å²) in [5, 5.41) is 14.7. The van der Waals surface area contributed by atoms with Gasteiger partial charge in [0, 0.05) is 48.6 Å². The van der Waals surface area contributed by atoms with Crippen molar-refractivity contribution in [3.63, 3.8) is 0 Å². The summed E-state index contributed by atoms with van der Waals surface area (Å²) in [6, 6.07) is 3.25. The normalized spacial score (nSPS) is 9.52. The van der Waals surface area contributed by atoms with Gasteiger partial charge in [-0.25, -0.2) is 0 Å². The summed E-state index contributed by atoms with van der Waals surface area (Å²) in [4.78, 5) is 22.7. The zero-order chi connectivity index (χ0) is 24.1. The molecule has 14 heteroatoms. The van der Waals surface area contributed by atoms with E-state index < -0.39 is 0 Å².